The predicted octanol–water partition coefficient (Wildman–Crippen LogP) is 1.94. The lowest BCUT2D eigenvalue weighted by molar-refractivity contribution is -0.132. The number of benzene rings is 2. The highest BCUT2D eigenvalue weighted by molar-refractivity contribution is 5.77. The summed E-state index contributed by atoms with van der Waals surface area (Å²) in [5, 5.41) is 0. The van der Waals surface area contributed by atoms with Crippen molar-refractivity contribution in [1.29, 1.82) is 0 Å². The molecule has 0 heterocycles. The van der Waals surface area contributed by atoms with Gasteiger partial charge < -0.3 is 20.1 Å². The highest BCUT2D eigenvalue weighted by Gasteiger charge is 2.10. The summed E-state index contributed by atoms with van der Waals surface area (Å²) in [6.07, 6.45) is 0.183. The van der Waals surface area contributed by atoms with Gasteiger partial charge in [0, 0.05) is 7.05 Å². The van der Waals surface area contributed by atoms with Crippen molar-refractivity contribution in [3.05, 3.63) is 59.7 Å². The van der Waals surface area contributed by atoms with Crippen LogP contribution in [0, 0.1) is 6.92 Å². The molecule has 6 nitrogen and oxygen atoms in total. The number of carbonyl (C=O) groups excluding carboxylic acids is 2. The molecule has 0 saturated heterocycles. The van der Waals surface area contributed by atoms with Gasteiger partial charge in [-0.25, -0.2) is 0 Å². The van der Waals surface area contributed by atoms with Crippen LogP contribution >= 0.6 is 0 Å². The van der Waals surface area contributed by atoms with E-state index in [0.29, 0.717) is 18.9 Å². The molecule has 6 heteroatoms. The highest BCUT2D eigenvalue weighted by atomic mass is 16.5. The van der Waals surface area contributed by atoms with Gasteiger partial charge in [-0.05, 0) is 36.2 Å². The van der Waals surface area contributed by atoms with E-state index in [2.05, 4.69) is 0 Å². The normalized spacial score (nSPS) is 10.2. The molecule has 0 aromatic heterocycles. The van der Waals surface area contributed by atoms with E-state index in [-0.39, 0.29) is 24.8 Å². The maximum atomic E-state index is 12.1. The Balaban J connectivity index is 1.73. The molecule has 0 saturated carbocycles. The van der Waals surface area contributed by atoms with Crippen LogP contribution in [0.3, 0.4) is 0 Å². The number of amides is 2. The fourth-order valence-electron chi connectivity index (χ4n) is 2.30. The number of ether oxygens (including phenoxy) is 2. The summed E-state index contributed by atoms with van der Waals surface area (Å²) in [5.41, 5.74) is 7.02. The van der Waals surface area contributed by atoms with Crippen LogP contribution in [0.1, 0.15) is 11.1 Å². The fraction of sp³-hybridized carbons (Fsp3) is 0.300. The summed E-state index contributed by atoms with van der Waals surface area (Å²) < 4.78 is 11.2. The summed E-state index contributed by atoms with van der Waals surface area (Å²) in [6.45, 7) is 2.80. The maximum absolute atomic E-state index is 12.1. The van der Waals surface area contributed by atoms with Gasteiger partial charge in [-0.1, -0.05) is 30.3 Å². The summed E-state index contributed by atoms with van der Waals surface area (Å²) in [5.74, 6) is 0.861. The molecule has 26 heavy (non-hydrogen) atoms. The van der Waals surface area contributed by atoms with Crippen LogP contribution in [0.5, 0.6) is 11.5 Å². The Hall–Kier alpha value is -3.02. The molecule has 2 aromatic rings. The molecule has 0 spiro atoms. The number of primary amides is 1. The van der Waals surface area contributed by atoms with E-state index in [9.17, 15) is 9.59 Å². The van der Waals surface area contributed by atoms with Crippen molar-refractivity contribution in [2.24, 2.45) is 5.73 Å². The van der Waals surface area contributed by atoms with Crippen molar-refractivity contribution in [1.82, 2.24) is 4.90 Å². The van der Waals surface area contributed by atoms with Gasteiger partial charge in [-0.2, -0.15) is 0 Å². The second-order valence-corrected chi connectivity index (χ2v) is 6.00. The third kappa shape index (κ3) is 6.12. The Morgan fingerprint density at radius 2 is 1.73 bits per heavy atom. The number of nitrogens with zero attached hydrogens (tertiary/aromatic N) is 1. The fourth-order valence-corrected chi connectivity index (χ4v) is 2.30. The van der Waals surface area contributed by atoms with E-state index in [1.165, 1.54) is 0 Å². The molecule has 2 amide bonds. The molecule has 2 rings (SSSR count). The third-order valence-electron chi connectivity index (χ3n) is 3.87. The molecule has 0 bridgehead atoms. The van der Waals surface area contributed by atoms with Gasteiger partial charge in [0.05, 0.1) is 13.0 Å². The Kier molecular flexibility index (Phi) is 7.02. The van der Waals surface area contributed by atoms with Crippen LogP contribution in [0.15, 0.2) is 48.5 Å². The first-order valence-electron chi connectivity index (χ1n) is 8.38. The lowest BCUT2D eigenvalue weighted by Crippen LogP contribution is -2.34. The number of para-hydroxylation sites is 1. The first kappa shape index (κ1) is 19.3. The lowest BCUT2D eigenvalue weighted by Gasteiger charge is -2.18. The molecular formula is C20H24N2O4. The second kappa shape index (κ2) is 9.46. The number of aryl methyl sites for hydroxylation is 1. The van der Waals surface area contributed by atoms with E-state index in [0.717, 1.165) is 16.9 Å². The van der Waals surface area contributed by atoms with E-state index in [1.807, 2.05) is 31.2 Å². The van der Waals surface area contributed by atoms with Crippen LogP contribution in [0.2, 0.25) is 0 Å². The number of likely N-dealkylation sites (N-methyl/N-ethyl adjacent to an activating group) is 1. The van der Waals surface area contributed by atoms with E-state index in [4.69, 9.17) is 15.2 Å². The molecule has 2 N–H and O–H groups in total. The summed E-state index contributed by atoms with van der Waals surface area (Å²) in [7, 11) is 1.71. The second-order valence-electron chi connectivity index (χ2n) is 6.00. The zero-order chi connectivity index (χ0) is 18.9. The average molecular weight is 356 g/mol. The smallest absolute Gasteiger partial charge is 0.260 e. The molecule has 0 unspecified atom stereocenters. The Morgan fingerprint density at radius 1 is 1.04 bits per heavy atom. The molecule has 0 radical (unpaired) electrons. The lowest BCUT2D eigenvalue weighted by atomic mass is 10.1. The SMILES string of the molecule is Cc1ccccc1OCCN(C)C(=O)COc1ccc(CC(N)=O)cc1. The molecular weight excluding hydrogens is 332 g/mol. The van der Waals surface area contributed by atoms with Crippen molar-refractivity contribution < 1.29 is 19.1 Å². The number of nitrogens with two attached hydrogens (primary N) is 1. The summed E-state index contributed by atoms with van der Waals surface area (Å²) in [4.78, 5) is 24.6. The number of rotatable bonds is 9. The quantitative estimate of drug-likeness (QED) is 0.744. The molecule has 0 aliphatic heterocycles. The zero-order valence-corrected chi connectivity index (χ0v) is 15.1. The molecule has 0 aliphatic rings. The van der Waals surface area contributed by atoms with Crippen molar-refractivity contribution in [2.75, 3.05) is 26.8 Å². The number of hydrogen-bond acceptors (Lipinski definition) is 4. The average Bonchev–Trinajstić information content (AvgIpc) is 2.62. The standard InChI is InChI=1S/C20H24N2O4/c1-15-5-3-4-6-18(15)25-12-11-22(2)20(24)14-26-17-9-7-16(8-10-17)13-19(21)23/h3-10H,11-14H2,1-2H3,(H2,21,23). The molecule has 0 atom stereocenters. The third-order valence-corrected chi connectivity index (χ3v) is 3.87. The van der Waals surface area contributed by atoms with Gasteiger partial charge in [0.25, 0.3) is 5.91 Å². The largest absolute Gasteiger partial charge is 0.491 e. The maximum Gasteiger partial charge on any atom is 0.260 e. The van der Waals surface area contributed by atoms with Gasteiger partial charge >= 0.3 is 0 Å². The minimum absolute atomic E-state index is 0.0595. The van der Waals surface area contributed by atoms with Crippen LogP contribution < -0.4 is 15.2 Å². The summed E-state index contributed by atoms with van der Waals surface area (Å²) in [6, 6.07) is 14.7. The predicted molar refractivity (Wildman–Crippen MR) is 99.1 cm³/mol. The first-order chi connectivity index (χ1) is 12.5. The molecule has 0 fully saturated rings. The Labute approximate surface area is 153 Å². The van der Waals surface area contributed by atoms with Gasteiger partial charge in [0.2, 0.25) is 5.91 Å². The van der Waals surface area contributed by atoms with E-state index >= 15 is 0 Å². The first-order valence-corrected chi connectivity index (χ1v) is 8.38. The van der Waals surface area contributed by atoms with Gasteiger partial charge in [0.1, 0.15) is 18.1 Å². The van der Waals surface area contributed by atoms with Gasteiger partial charge in [0.15, 0.2) is 6.61 Å². The molecule has 138 valence electrons. The Bertz CT molecular complexity index is 744. The van der Waals surface area contributed by atoms with Crippen molar-refractivity contribution in [3.8, 4) is 11.5 Å². The van der Waals surface area contributed by atoms with Crippen molar-refractivity contribution >= 4 is 11.8 Å². The van der Waals surface area contributed by atoms with Crippen molar-refractivity contribution in [2.45, 2.75) is 13.3 Å². The van der Waals surface area contributed by atoms with Crippen LogP contribution in [-0.4, -0.2) is 43.5 Å². The molecule has 0 aliphatic carbocycles. The van der Waals surface area contributed by atoms with Crippen LogP contribution in [-0.2, 0) is 16.0 Å². The number of carbonyl (C=O) groups is 2. The minimum Gasteiger partial charge on any atom is -0.491 e. The topological polar surface area (TPSA) is 81.9 Å². The van der Waals surface area contributed by atoms with Gasteiger partial charge in [-0.3, -0.25) is 9.59 Å². The van der Waals surface area contributed by atoms with E-state index < -0.39 is 0 Å². The van der Waals surface area contributed by atoms with Gasteiger partial charge in [-0.15, -0.1) is 0 Å². The highest BCUT2D eigenvalue weighted by Crippen LogP contribution is 2.16. The summed E-state index contributed by atoms with van der Waals surface area (Å²) >= 11 is 0. The van der Waals surface area contributed by atoms with Crippen LogP contribution in [0.4, 0.5) is 0 Å². The monoisotopic (exact) mass is 356 g/mol. The zero-order valence-electron chi connectivity index (χ0n) is 15.1. The van der Waals surface area contributed by atoms with Crippen LogP contribution in [0.25, 0.3) is 0 Å². The van der Waals surface area contributed by atoms with E-state index in [1.54, 1.807) is 36.2 Å². The Morgan fingerprint density at radius 3 is 2.38 bits per heavy atom. The number of hydrogen-bond donors (Lipinski definition) is 1. The molecule has 2 aromatic carbocycles. The van der Waals surface area contributed by atoms with Crippen molar-refractivity contribution in [3.63, 3.8) is 0 Å². The minimum atomic E-state index is -0.386.